The Morgan fingerprint density at radius 3 is 3.00 bits per heavy atom. The van der Waals surface area contributed by atoms with Crippen molar-refractivity contribution in [2.75, 3.05) is 18.1 Å². The zero-order chi connectivity index (χ0) is 9.26. The summed E-state index contributed by atoms with van der Waals surface area (Å²) in [6, 6.07) is 0.877. The van der Waals surface area contributed by atoms with Crippen LogP contribution in [0.5, 0.6) is 0 Å². The standard InChI is InChI=1S/C10H17NOS/c1-8-7-13-6-5-11(8)9-3-2-4-10(9)12/h8-9H,2-7H2,1H3. The number of ketones is 1. The van der Waals surface area contributed by atoms with E-state index < -0.39 is 0 Å². The summed E-state index contributed by atoms with van der Waals surface area (Å²) in [6.07, 6.45) is 3.04. The molecule has 2 atom stereocenters. The smallest absolute Gasteiger partial charge is 0.149 e. The summed E-state index contributed by atoms with van der Waals surface area (Å²) >= 11 is 2.01. The van der Waals surface area contributed by atoms with Crippen molar-refractivity contribution < 1.29 is 4.79 Å². The number of nitrogens with zero attached hydrogens (tertiary/aromatic N) is 1. The molecule has 0 aromatic rings. The molecular weight excluding hydrogens is 182 g/mol. The van der Waals surface area contributed by atoms with E-state index in [9.17, 15) is 4.79 Å². The topological polar surface area (TPSA) is 20.3 Å². The number of hydrogen-bond donors (Lipinski definition) is 0. The normalized spacial score (nSPS) is 36.8. The summed E-state index contributed by atoms with van der Waals surface area (Å²) in [5, 5.41) is 0. The lowest BCUT2D eigenvalue weighted by Gasteiger charge is -2.36. The lowest BCUT2D eigenvalue weighted by Crippen LogP contribution is -2.48. The van der Waals surface area contributed by atoms with E-state index in [1.165, 1.54) is 11.5 Å². The van der Waals surface area contributed by atoms with E-state index in [2.05, 4.69) is 11.8 Å². The van der Waals surface area contributed by atoms with Gasteiger partial charge < -0.3 is 0 Å². The van der Waals surface area contributed by atoms with Gasteiger partial charge in [-0.05, 0) is 19.8 Å². The Labute approximate surface area is 84.1 Å². The largest absolute Gasteiger partial charge is 0.298 e. The van der Waals surface area contributed by atoms with E-state index in [0.29, 0.717) is 11.8 Å². The van der Waals surface area contributed by atoms with E-state index in [4.69, 9.17) is 0 Å². The van der Waals surface area contributed by atoms with Gasteiger partial charge in [0.1, 0.15) is 5.78 Å². The molecule has 0 aromatic carbocycles. The van der Waals surface area contributed by atoms with Crippen LogP contribution in [0.25, 0.3) is 0 Å². The van der Waals surface area contributed by atoms with Crippen LogP contribution in [0, 0.1) is 0 Å². The van der Waals surface area contributed by atoms with Gasteiger partial charge in [-0.25, -0.2) is 0 Å². The van der Waals surface area contributed by atoms with Crippen LogP contribution < -0.4 is 0 Å². The van der Waals surface area contributed by atoms with Gasteiger partial charge in [-0.15, -0.1) is 0 Å². The molecule has 74 valence electrons. The van der Waals surface area contributed by atoms with E-state index in [0.717, 1.165) is 25.8 Å². The quantitative estimate of drug-likeness (QED) is 0.639. The number of hydrogen-bond acceptors (Lipinski definition) is 3. The van der Waals surface area contributed by atoms with Crippen molar-refractivity contribution in [1.29, 1.82) is 0 Å². The number of rotatable bonds is 1. The minimum absolute atomic E-state index is 0.274. The summed E-state index contributed by atoms with van der Waals surface area (Å²) < 4.78 is 0. The third-order valence-corrected chi connectivity index (χ3v) is 4.28. The van der Waals surface area contributed by atoms with Crippen molar-refractivity contribution in [3.63, 3.8) is 0 Å². The molecule has 0 radical (unpaired) electrons. The Balaban J connectivity index is 2.01. The maximum Gasteiger partial charge on any atom is 0.149 e. The van der Waals surface area contributed by atoms with Crippen LogP contribution in [0.1, 0.15) is 26.2 Å². The van der Waals surface area contributed by atoms with Crippen LogP contribution in [0.4, 0.5) is 0 Å². The first-order chi connectivity index (χ1) is 6.29. The average molecular weight is 199 g/mol. The van der Waals surface area contributed by atoms with Gasteiger partial charge in [0.15, 0.2) is 0 Å². The highest BCUT2D eigenvalue weighted by atomic mass is 32.2. The predicted octanol–water partition coefficient (Wildman–Crippen LogP) is 1.55. The van der Waals surface area contributed by atoms with Gasteiger partial charge in [-0.3, -0.25) is 9.69 Å². The molecule has 1 heterocycles. The number of carbonyl (C=O) groups excluding carboxylic acids is 1. The van der Waals surface area contributed by atoms with Crippen LogP contribution in [0.2, 0.25) is 0 Å². The van der Waals surface area contributed by atoms with E-state index >= 15 is 0 Å². The zero-order valence-corrected chi connectivity index (χ0v) is 8.98. The van der Waals surface area contributed by atoms with E-state index in [1.54, 1.807) is 0 Å². The van der Waals surface area contributed by atoms with E-state index in [1.807, 2.05) is 11.8 Å². The van der Waals surface area contributed by atoms with Crippen molar-refractivity contribution in [2.24, 2.45) is 0 Å². The molecule has 0 aromatic heterocycles. The maximum absolute atomic E-state index is 11.6. The molecule has 0 spiro atoms. The first-order valence-corrected chi connectivity index (χ1v) is 6.30. The monoisotopic (exact) mass is 199 g/mol. The summed E-state index contributed by atoms with van der Waals surface area (Å²) in [4.78, 5) is 14.0. The molecule has 13 heavy (non-hydrogen) atoms. The minimum atomic E-state index is 0.274. The fourth-order valence-corrected chi connectivity index (χ4v) is 3.39. The van der Waals surface area contributed by atoms with Gasteiger partial charge >= 0.3 is 0 Å². The summed E-state index contributed by atoms with van der Waals surface area (Å²) in [6.45, 7) is 3.36. The maximum atomic E-state index is 11.6. The zero-order valence-electron chi connectivity index (χ0n) is 8.16. The Hall–Kier alpha value is -0.0200. The summed E-state index contributed by atoms with van der Waals surface area (Å²) in [7, 11) is 0. The number of thioether (sulfide) groups is 1. The molecule has 1 saturated carbocycles. The van der Waals surface area contributed by atoms with Gasteiger partial charge in [0, 0.05) is 30.5 Å². The molecule has 1 aliphatic carbocycles. The highest BCUT2D eigenvalue weighted by Crippen LogP contribution is 2.26. The van der Waals surface area contributed by atoms with Gasteiger partial charge in [0.25, 0.3) is 0 Å². The lowest BCUT2D eigenvalue weighted by molar-refractivity contribution is -0.122. The third-order valence-electron chi connectivity index (χ3n) is 3.09. The van der Waals surface area contributed by atoms with Crippen molar-refractivity contribution in [3.8, 4) is 0 Å². The first kappa shape index (κ1) is 9.53. The molecule has 2 unspecified atom stereocenters. The average Bonchev–Trinajstić information content (AvgIpc) is 2.52. The second-order valence-electron chi connectivity index (χ2n) is 4.04. The predicted molar refractivity (Wildman–Crippen MR) is 56.1 cm³/mol. The molecule has 2 fully saturated rings. The highest BCUT2D eigenvalue weighted by molar-refractivity contribution is 7.99. The third kappa shape index (κ3) is 1.91. The second-order valence-corrected chi connectivity index (χ2v) is 5.19. The summed E-state index contributed by atoms with van der Waals surface area (Å²) in [5.41, 5.74) is 0. The van der Waals surface area contributed by atoms with Crippen LogP contribution in [-0.4, -0.2) is 40.8 Å². The molecule has 2 nitrogen and oxygen atoms in total. The van der Waals surface area contributed by atoms with Crippen LogP contribution >= 0.6 is 11.8 Å². The van der Waals surface area contributed by atoms with Gasteiger partial charge in [0.2, 0.25) is 0 Å². The van der Waals surface area contributed by atoms with Crippen molar-refractivity contribution >= 4 is 17.5 Å². The lowest BCUT2D eigenvalue weighted by atomic mass is 10.1. The van der Waals surface area contributed by atoms with Gasteiger partial charge in [0.05, 0.1) is 6.04 Å². The number of carbonyl (C=O) groups is 1. The van der Waals surface area contributed by atoms with E-state index in [-0.39, 0.29) is 6.04 Å². The molecule has 2 rings (SSSR count). The first-order valence-electron chi connectivity index (χ1n) is 5.15. The molecule has 3 heteroatoms. The summed E-state index contributed by atoms with van der Waals surface area (Å²) in [5.74, 6) is 2.89. The van der Waals surface area contributed by atoms with Crippen LogP contribution in [0.15, 0.2) is 0 Å². The Morgan fingerprint density at radius 1 is 1.54 bits per heavy atom. The highest BCUT2D eigenvalue weighted by Gasteiger charge is 2.33. The van der Waals surface area contributed by atoms with Crippen LogP contribution in [0.3, 0.4) is 0 Å². The van der Waals surface area contributed by atoms with Crippen molar-refractivity contribution in [1.82, 2.24) is 4.90 Å². The molecular formula is C10H17NOS. The molecule has 0 amide bonds. The molecule has 0 N–H and O–H groups in total. The Morgan fingerprint density at radius 2 is 2.38 bits per heavy atom. The number of Topliss-reactive ketones (excluding diaryl/α,β-unsaturated/α-hetero) is 1. The van der Waals surface area contributed by atoms with Gasteiger partial charge in [-0.1, -0.05) is 0 Å². The SMILES string of the molecule is CC1CSCCN1C1CCCC1=O. The van der Waals surface area contributed by atoms with Crippen molar-refractivity contribution in [2.45, 2.75) is 38.3 Å². The van der Waals surface area contributed by atoms with Gasteiger partial charge in [-0.2, -0.15) is 11.8 Å². The van der Waals surface area contributed by atoms with Crippen molar-refractivity contribution in [3.05, 3.63) is 0 Å². The fourth-order valence-electron chi connectivity index (χ4n) is 2.35. The molecule has 1 saturated heterocycles. The minimum Gasteiger partial charge on any atom is -0.298 e. The molecule has 2 aliphatic rings. The fraction of sp³-hybridized carbons (Fsp3) is 0.900. The Bertz CT molecular complexity index is 207. The second kappa shape index (κ2) is 4.01. The molecule has 1 aliphatic heterocycles. The molecule has 0 bridgehead atoms. The van der Waals surface area contributed by atoms with Crippen LogP contribution in [-0.2, 0) is 4.79 Å². The Kier molecular flexibility index (Phi) is 2.94.